The van der Waals surface area contributed by atoms with E-state index in [1.165, 1.54) is 6.42 Å². The average molecular weight is 460 g/mol. The van der Waals surface area contributed by atoms with Gasteiger partial charge in [-0.3, -0.25) is 5.43 Å². The van der Waals surface area contributed by atoms with Crippen molar-refractivity contribution in [2.45, 2.75) is 46.6 Å². The van der Waals surface area contributed by atoms with Crippen molar-refractivity contribution in [3.63, 3.8) is 0 Å². The molecule has 32 heavy (non-hydrogen) atoms. The summed E-state index contributed by atoms with van der Waals surface area (Å²) in [4.78, 5) is 9.31. The fourth-order valence-corrected chi connectivity index (χ4v) is 5.69. The molecule has 2 atom stereocenters. The summed E-state index contributed by atoms with van der Waals surface area (Å²) in [5.41, 5.74) is 6.37. The Labute approximate surface area is 195 Å². The number of rotatable bonds is 7. The second kappa shape index (κ2) is 9.83. The van der Waals surface area contributed by atoms with E-state index in [4.69, 9.17) is 4.74 Å². The monoisotopic (exact) mass is 459 g/mol. The Hall–Kier alpha value is -2.06. The summed E-state index contributed by atoms with van der Waals surface area (Å²) >= 11 is 1.79. The molecule has 1 aromatic rings. The number of benzene rings is 1. The van der Waals surface area contributed by atoms with E-state index in [1.54, 1.807) is 23.9 Å². The first-order valence-corrected chi connectivity index (χ1v) is 12.4. The summed E-state index contributed by atoms with van der Waals surface area (Å²) in [6.45, 7) is 13.1. The lowest BCUT2D eigenvalue weighted by molar-refractivity contribution is 0.256. The summed E-state index contributed by atoms with van der Waals surface area (Å²) < 4.78 is 18.8. The van der Waals surface area contributed by atoms with E-state index < -0.39 is 0 Å². The molecule has 3 heterocycles. The third-order valence-electron chi connectivity index (χ3n) is 6.77. The zero-order chi connectivity index (χ0) is 22.7. The molecule has 8 heteroatoms. The van der Waals surface area contributed by atoms with Gasteiger partial charge in [-0.15, -0.1) is 11.8 Å². The number of allylic oxidation sites excluding steroid dienone is 2. The molecule has 0 bridgehead atoms. The van der Waals surface area contributed by atoms with Crippen LogP contribution in [0.4, 0.5) is 10.1 Å². The van der Waals surface area contributed by atoms with Crippen LogP contribution < -0.4 is 10.3 Å². The second-order valence-corrected chi connectivity index (χ2v) is 10.5. The van der Waals surface area contributed by atoms with Crippen LogP contribution in [0, 0.1) is 11.2 Å². The van der Waals surface area contributed by atoms with Gasteiger partial charge in [0.05, 0.1) is 16.5 Å². The average Bonchev–Trinajstić information content (AvgIpc) is 3.42. The number of hydrazone groups is 1. The van der Waals surface area contributed by atoms with Gasteiger partial charge in [-0.05, 0) is 64.4 Å². The largest absolute Gasteiger partial charge is 0.468 e. The molecule has 0 spiro atoms. The molecule has 6 nitrogen and oxygen atoms in total. The van der Waals surface area contributed by atoms with Gasteiger partial charge in [0.25, 0.3) is 0 Å². The number of anilines is 1. The molecule has 0 saturated carbocycles. The zero-order valence-corrected chi connectivity index (χ0v) is 20.3. The summed E-state index contributed by atoms with van der Waals surface area (Å²) in [6.07, 6.45) is 2.33. The molecule has 3 aliphatic rings. The van der Waals surface area contributed by atoms with Gasteiger partial charge in [-0.25, -0.2) is 9.38 Å². The molecule has 1 aromatic carbocycles. The fraction of sp³-hybridized carbons (Fsp3) is 0.583. The minimum atomic E-state index is -0.169. The maximum Gasteiger partial charge on any atom is 0.179 e. The van der Waals surface area contributed by atoms with E-state index in [2.05, 4.69) is 32.2 Å². The van der Waals surface area contributed by atoms with Gasteiger partial charge >= 0.3 is 0 Å². The normalized spacial score (nSPS) is 27.4. The number of hydrogen-bond donors (Lipinski definition) is 1. The van der Waals surface area contributed by atoms with E-state index in [1.807, 2.05) is 32.9 Å². The summed E-state index contributed by atoms with van der Waals surface area (Å²) in [5, 5.41) is 5.49. The highest BCUT2D eigenvalue weighted by molar-refractivity contribution is 8.13. The van der Waals surface area contributed by atoms with Crippen molar-refractivity contribution < 1.29 is 9.13 Å². The van der Waals surface area contributed by atoms with Crippen LogP contribution in [-0.4, -0.2) is 60.4 Å². The van der Waals surface area contributed by atoms with E-state index in [-0.39, 0.29) is 5.82 Å². The lowest BCUT2D eigenvalue weighted by Gasteiger charge is -2.29. The van der Waals surface area contributed by atoms with Gasteiger partial charge in [0.2, 0.25) is 0 Å². The summed E-state index contributed by atoms with van der Waals surface area (Å²) in [5.74, 6) is 1.68. The molecule has 0 radical (unpaired) electrons. The molecule has 2 unspecified atom stereocenters. The highest BCUT2D eigenvalue weighted by atomic mass is 32.2. The van der Waals surface area contributed by atoms with E-state index in [0.717, 1.165) is 66.3 Å². The molecular formula is C24H34FN5OS. The third kappa shape index (κ3) is 5.12. The first-order chi connectivity index (χ1) is 15.4. The van der Waals surface area contributed by atoms with Crippen molar-refractivity contribution in [3.05, 3.63) is 41.5 Å². The van der Waals surface area contributed by atoms with Gasteiger partial charge in [0.1, 0.15) is 5.82 Å². The number of likely N-dealkylation sites (tertiary alicyclic amines) is 1. The second-order valence-electron chi connectivity index (χ2n) is 9.24. The van der Waals surface area contributed by atoms with Crippen LogP contribution in [0.2, 0.25) is 0 Å². The van der Waals surface area contributed by atoms with E-state index >= 15 is 0 Å². The number of aliphatic imine (C=N–C) groups is 1. The minimum Gasteiger partial charge on any atom is -0.468 e. The van der Waals surface area contributed by atoms with Crippen LogP contribution in [-0.2, 0) is 4.74 Å². The van der Waals surface area contributed by atoms with Crippen molar-refractivity contribution in [2.75, 3.05) is 43.6 Å². The van der Waals surface area contributed by atoms with Crippen LogP contribution in [0.15, 0.2) is 45.8 Å². The summed E-state index contributed by atoms with van der Waals surface area (Å²) in [6, 6.07) is 7.49. The molecule has 4 rings (SSSR count). The van der Waals surface area contributed by atoms with Gasteiger partial charge < -0.3 is 14.5 Å². The molecule has 1 N–H and O–H groups in total. The Kier molecular flexibility index (Phi) is 7.10. The van der Waals surface area contributed by atoms with E-state index in [9.17, 15) is 4.39 Å². The Morgan fingerprint density at radius 1 is 1.34 bits per heavy atom. The lowest BCUT2D eigenvalue weighted by Crippen LogP contribution is -2.37. The number of halogens is 1. The molecule has 0 amide bonds. The molecule has 174 valence electrons. The van der Waals surface area contributed by atoms with Crippen LogP contribution >= 0.6 is 11.8 Å². The van der Waals surface area contributed by atoms with Crippen LogP contribution in [0.3, 0.4) is 0 Å². The molecule has 2 fully saturated rings. The van der Waals surface area contributed by atoms with Crippen LogP contribution in [0.5, 0.6) is 0 Å². The van der Waals surface area contributed by atoms with Gasteiger partial charge in [0, 0.05) is 42.5 Å². The summed E-state index contributed by atoms with van der Waals surface area (Å²) in [7, 11) is 0. The van der Waals surface area contributed by atoms with Crippen LogP contribution in [0.25, 0.3) is 0 Å². The lowest BCUT2D eigenvalue weighted by atomic mass is 9.85. The number of ether oxygens (including phenoxy) is 1. The van der Waals surface area contributed by atoms with Crippen molar-refractivity contribution in [2.24, 2.45) is 15.5 Å². The molecule has 2 saturated heterocycles. The predicted molar refractivity (Wildman–Crippen MR) is 132 cm³/mol. The van der Waals surface area contributed by atoms with Crippen LogP contribution in [0.1, 0.15) is 40.5 Å². The van der Waals surface area contributed by atoms with Crippen molar-refractivity contribution >= 4 is 28.2 Å². The maximum absolute atomic E-state index is 13.3. The topological polar surface area (TPSA) is 52.5 Å². The highest BCUT2D eigenvalue weighted by Crippen LogP contribution is 2.44. The van der Waals surface area contributed by atoms with Gasteiger partial charge in [-0.2, -0.15) is 5.10 Å². The first kappa shape index (κ1) is 23.1. The molecule has 0 aliphatic carbocycles. The number of hydrogen-bond acceptors (Lipinski definition) is 7. The number of nitrogens with zero attached hydrogens (tertiary/aromatic N) is 4. The quantitative estimate of drug-likeness (QED) is 0.283. The number of thioether (sulfide) groups is 1. The zero-order valence-electron chi connectivity index (χ0n) is 19.5. The van der Waals surface area contributed by atoms with Crippen molar-refractivity contribution in [1.82, 2.24) is 10.3 Å². The standard InChI is InChI=1S/C24H34FN5OS/c1-17-23(31-16-26-17)18(2)27-28-19(3)32-13-5-11-29-14-22-24(4,15-29)10-12-30(22)21-8-6-20(25)7-9-21/h6-9,22,27H,5,10-16H2,1-4H3/b23-18?,28-19+. The highest BCUT2D eigenvalue weighted by Gasteiger charge is 2.49. The van der Waals surface area contributed by atoms with Crippen molar-refractivity contribution in [1.29, 1.82) is 0 Å². The Bertz CT molecular complexity index is 915. The Balaban J connectivity index is 1.22. The predicted octanol–water partition coefficient (Wildman–Crippen LogP) is 4.45. The Morgan fingerprint density at radius 3 is 2.84 bits per heavy atom. The fourth-order valence-electron chi connectivity index (χ4n) is 5.01. The van der Waals surface area contributed by atoms with Gasteiger partial charge in [-0.1, -0.05) is 6.92 Å². The smallest absolute Gasteiger partial charge is 0.179 e. The maximum atomic E-state index is 13.3. The third-order valence-corrected chi connectivity index (χ3v) is 7.77. The molecule has 3 aliphatic heterocycles. The minimum absolute atomic E-state index is 0.169. The Morgan fingerprint density at radius 2 is 2.12 bits per heavy atom. The SMILES string of the molecule is CC1=NCOC1=C(C)N/N=C(\C)SCCCN1CC2N(c3ccc(F)cc3)CCC2(C)C1. The first-order valence-electron chi connectivity index (χ1n) is 11.4. The van der Waals surface area contributed by atoms with E-state index in [0.29, 0.717) is 18.2 Å². The van der Waals surface area contributed by atoms with Gasteiger partial charge in [0.15, 0.2) is 12.5 Å². The number of fused-ring (bicyclic) bond motifs is 1. The molecule has 0 aromatic heterocycles. The molecular weight excluding hydrogens is 425 g/mol. The van der Waals surface area contributed by atoms with Crippen molar-refractivity contribution in [3.8, 4) is 0 Å². The number of nitrogens with one attached hydrogen (secondary N) is 1.